The van der Waals surface area contributed by atoms with Gasteiger partial charge >= 0.3 is 0 Å². The molecule has 0 aromatic heterocycles. The summed E-state index contributed by atoms with van der Waals surface area (Å²) in [6.45, 7) is 6.45. The van der Waals surface area contributed by atoms with Gasteiger partial charge in [0.05, 0.1) is 6.61 Å². The minimum atomic E-state index is 0.248. The molecule has 0 aliphatic carbocycles. The zero-order valence-corrected chi connectivity index (χ0v) is 12.2. The van der Waals surface area contributed by atoms with Crippen LogP contribution in [-0.4, -0.2) is 54.2 Å². The van der Waals surface area contributed by atoms with Gasteiger partial charge < -0.3 is 10.0 Å². The number of aryl methyl sites for hydroxylation is 1. The smallest absolute Gasteiger partial charge is 0.0558 e. The van der Waals surface area contributed by atoms with Crippen LogP contribution in [0, 0.1) is 6.92 Å². The highest BCUT2D eigenvalue weighted by atomic mass is 16.3. The summed E-state index contributed by atoms with van der Waals surface area (Å²) in [6, 6.07) is 9.31. The average Bonchev–Trinajstić information content (AvgIpc) is 2.39. The van der Waals surface area contributed by atoms with E-state index < -0.39 is 0 Å². The predicted molar refractivity (Wildman–Crippen MR) is 79.2 cm³/mol. The summed E-state index contributed by atoms with van der Waals surface area (Å²) in [7, 11) is 2.19. The molecule has 0 bridgehead atoms. The molecule has 1 fully saturated rings. The molecule has 1 N–H and O–H groups in total. The summed E-state index contributed by atoms with van der Waals surface area (Å²) >= 11 is 0. The molecule has 0 atom stereocenters. The number of rotatable bonds is 5. The van der Waals surface area contributed by atoms with Crippen molar-refractivity contribution >= 4 is 0 Å². The van der Waals surface area contributed by atoms with E-state index in [0.717, 1.165) is 13.1 Å². The van der Waals surface area contributed by atoms with Gasteiger partial charge in [-0.25, -0.2) is 0 Å². The molecular weight excluding hydrogens is 236 g/mol. The van der Waals surface area contributed by atoms with Gasteiger partial charge in [-0.15, -0.1) is 0 Å². The first-order chi connectivity index (χ1) is 9.19. The second-order valence-electron chi connectivity index (χ2n) is 5.72. The van der Waals surface area contributed by atoms with Gasteiger partial charge in [0.1, 0.15) is 0 Å². The van der Waals surface area contributed by atoms with Crippen molar-refractivity contribution in [3.8, 4) is 0 Å². The van der Waals surface area contributed by atoms with E-state index >= 15 is 0 Å². The Morgan fingerprint density at radius 1 is 1.32 bits per heavy atom. The van der Waals surface area contributed by atoms with Crippen LogP contribution in [-0.2, 0) is 6.54 Å². The number of hydrogen-bond donors (Lipinski definition) is 1. The van der Waals surface area contributed by atoms with E-state index in [4.69, 9.17) is 0 Å². The molecular formula is C16H26N2O. The van der Waals surface area contributed by atoms with Gasteiger partial charge in [0, 0.05) is 19.1 Å². The molecule has 0 saturated carbocycles. The first-order valence-electron chi connectivity index (χ1n) is 7.28. The molecule has 0 spiro atoms. The number of aliphatic hydroxyl groups excluding tert-OH is 1. The molecule has 1 aliphatic rings. The summed E-state index contributed by atoms with van der Waals surface area (Å²) in [5, 5.41) is 9.30. The van der Waals surface area contributed by atoms with Gasteiger partial charge in [-0.2, -0.15) is 0 Å². The summed E-state index contributed by atoms with van der Waals surface area (Å²) in [6.07, 6.45) is 2.42. The molecule has 1 aromatic carbocycles. The Kier molecular flexibility index (Phi) is 5.37. The summed E-state index contributed by atoms with van der Waals surface area (Å²) in [5.41, 5.74) is 2.66. The minimum Gasteiger partial charge on any atom is -0.395 e. The molecule has 1 aliphatic heterocycles. The Labute approximate surface area is 116 Å². The van der Waals surface area contributed by atoms with Crippen LogP contribution in [0.5, 0.6) is 0 Å². The highest BCUT2D eigenvalue weighted by Gasteiger charge is 2.22. The monoisotopic (exact) mass is 262 g/mol. The molecule has 1 aromatic rings. The first-order valence-corrected chi connectivity index (χ1v) is 7.28. The van der Waals surface area contributed by atoms with Crippen molar-refractivity contribution in [1.82, 2.24) is 9.80 Å². The largest absolute Gasteiger partial charge is 0.395 e. The molecule has 1 heterocycles. The zero-order valence-electron chi connectivity index (χ0n) is 12.2. The second kappa shape index (κ2) is 7.04. The number of piperidine rings is 1. The number of benzene rings is 1. The lowest BCUT2D eigenvalue weighted by Crippen LogP contribution is -2.44. The highest BCUT2D eigenvalue weighted by Crippen LogP contribution is 2.18. The van der Waals surface area contributed by atoms with Gasteiger partial charge in [0.2, 0.25) is 0 Å². The zero-order chi connectivity index (χ0) is 13.7. The Bertz CT molecular complexity index is 386. The van der Waals surface area contributed by atoms with Crippen LogP contribution >= 0.6 is 0 Å². The fourth-order valence-electron chi connectivity index (χ4n) is 2.92. The quantitative estimate of drug-likeness (QED) is 0.878. The maximum Gasteiger partial charge on any atom is 0.0558 e. The van der Waals surface area contributed by atoms with Gasteiger partial charge in [0.25, 0.3) is 0 Å². The molecule has 3 heteroatoms. The van der Waals surface area contributed by atoms with Crippen molar-refractivity contribution in [2.75, 3.05) is 33.3 Å². The topological polar surface area (TPSA) is 26.7 Å². The highest BCUT2D eigenvalue weighted by molar-refractivity contribution is 5.22. The van der Waals surface area contributed by atoms with Gasteiger partial charge in [-0.05, 0) is 45.5 Å². The Hall–Kier alpha value is -0.900. The van der Waals surface area contributed by atoms with E-state index in [-0.39, 0.29) is 6.61 Å². The van der Waals surface area contributed by atoms with Crippen molar-refractivity contribution in [2.45, 2.75) is 32.4 Å². The third-order valence-electron chi connectivity index (χ3n) is 4.06. The van der Waals surface area contributed by atoms with Crippen LogP contribution in [0.3, 0.4) is 0 Å². The molecule has 2 rings (SSSR count). The molecule has 0 amide bonds. The van der Waals surface area contributed by atoms with E-state index in [1.165, 1.54) is 37.1 Å². The van der Waals surface area contributed by atoms with Gasteiger partial charge in [-0.3, -0.25) is 4.90 Å². The Balaban J connectivity index is 1.99. The van der Waals surface area contributed by atoms with Gasteiger partial charge in [0.15, 0.2) is 0 Å². The second-order valence-corrected chi connectivity index (χ2v) is 5.72. The SMILES string of the molecule is Cc1cccc(CN(CCO)C2CCN(C)CC2)c1. The molecule has 3 nitrogen and oxygen atoms in total. The normalized spacial score (nSPS) is 18.1. The summed E-state index contributed by atoms with van der Waals surface area (Å²) in [4.78, 5) is 4.84. The molecule has 1 saturated heterocycles. The van der Waals surface area contributed by atoms with Crippen molar-refractivity contribution in [3.05, 3.63) is 35.4 Å². The molecule has 0 radical (unpaired) electrons. The van der Waals surface area contributed by atoms with E-state index in [0.29, 0.717) is 6.04 Å². The fourth-order valence-corrected chi connectivity index (χ4v) is 2.92. The first kappa shape index (κ1) is 14.5. The number of likely N-dealkylation sites (tertiary alicyclic amines) is 1. The van der Waals surface area contributed by atoms with Gasteiger partial charge in [-0.1, -0.05) is 29.8 Å². The fraction of sp³-hybridized carbons (Fsp3) is 0.625. The molecule has 19 heavy (non-hydrogen) atoms. The minimum absolute atomic E-state index is 0.248. The lowest BCUT2D eigenvalue weighted by molar-refractivity contribution is 0.0941. The standard InChI is InChI=1S/C16H26N2O/c1-14-4-3-5-15(12-14)13-18(10-11-19)16-6-8-17(2)9-7-16/h3-5,12,16,19H,6-11,13H2,1-2H3. The summed E-state index contributed by atoms with van der Waals surface area (Å²) in [5.74, 6) is 0. The lowest BCUT2D eigenvalue weighted by atomic mass is 10.0. The summed E-state index contributed by atoms with van der Waals surface area (Å²) < 4.78 is 0. The van der Waals surface area contributed by atoms with Crippen molar-refractivity contribution in [2.24, 2.45) is 0 Å². The number of aliphatic hydroxyl groups is 1. The number of hydrogen-bond acceptors (Lipinski definition) is 3. The van der Waals surface area contributed by atoms with Crippen molar-refractivity contribution in [3.63, 3.8) is 0 Å². The van der Waals surface area contributed by atoms with Crippen molar-refractivity contribution in [1.29, 1.82) is 0 Å². The van der Waals surface area contributed by atoms with E-state index in [9.17, 15) is 5.11 Å². The van der Waals surface area contributed by atoms with Crippen LogP contribution in [0.25, 0.3) is 0 Å². The Morgan fingerprint density at radius 3 is 2.68 bits per heavy atom. The lowest BCUT2D eigenvalue weighted by Gasteiger charge is -2.37. The van der Waals surface area contributed by atoms with Crippen LogP contribution in [0.4, 0.5) is 0 Å². The van der Waals surface area contributed by atoms with Crippen LogP contribution < -0.4 is 0 Å². The number of nitrogens with zero attached hydrogens (tertiary/aromatic N) is 2. The average molecular weight is 262 g/mol. The van der Waals surface area contributed by atoms with Crippen molar-refractivity contribution < 1.29 is 5.11 Å². The third kappa shape index (κ3) is 4.30. The van der Waals surface area contributed by atoms with Crippen LogP contribution in [0.2, 0.25) is 0 Å². The molecule has 0 unspecified atom stereocenters. The molecule has 106 valence electrons. The maximum atomic E-state index is 9.30. The maximum absolute atomic E-state index is 9.30. The third-order valence-corrected chi connectivity index (χ3v) is 4.06. The van der Waals surface area contributed by atoms with Crippen LogP contribution in [0.15, 0.2) is 24.3 Å². The van der Waals surface area contributed by atoms with Crippen LogP contribution in [0.1, 0.15) is 24.0 Å². The van der Waals surface area contributed by atoms with E-state index in [2.05, 4.69) is 48.0 Å². The predicted octanol–water partition coefficient (Wildman–Crippen LogP) is 1.88. The van der Waals surface area contributed by atoms with E-state index in [1.54, 1.807) is 0 Å². The Morgan fingerprint density at radius 2 is 2.05 bits per heavy atom. The van der Waals surface area contributed by atoms with E-state index in [1.807, 2.05) is 0 Å².